The lowest BCUT2D eigenvalue weighted by Gasteiger charge is -2.10. The second kappa shape index (κ2) is 7.21. The predicted molar refractivity (Wildman–Crippen MR) is 99.8 cm³/mol. The molecule has 0 spiro atoms. The van der Waals surface area contributed by atoms with E-state index >= 15 is 0 Å². The van der Waals surface area contributed by atoms with E-state index in [0.717, 1.165) is 28.3 Å². The standard InChI is InChI=1S/C20H21N3O2/c1-14(2)25-17-6-4-5-16(13-17)7-10-20(24)22-18-8-9-19-21-11-12-23(19)15(18)3/h4-14H,1-3H3,(H,22,24)/b10-7+. The molecule has 0 aliphatic heterocycles. The van der Waals surface area contributed by atoms with Crippen molar-refractivity contribution < 1.29 is 9.53 Å². The Morgan fingerprint density at radius 2 is 2.12 bits per heavy atom. The number of amides is 1. The molecule has 0 unspecified atom stereocenters. The maximum Gasteiger partial charge on any atom is 0.248 e. The van der Waals surface area contributed by atoms with Crippen LogP contribution in [-0.4, -0.2) is 21.4 Å². The monoisotopic (exact) mass is 335 g/mol. The summed E-state index contributed by atoms with van der Waals surface area (Å²) in [6.07, 6.45) is 7.01. The van der Waals surface area contributed by atoms with E-state index < -0.39 is 0 Å². The Kier molecular flexibility index (Phi) is 4.84. The fraction of sp³-hybridized carbons (Fsp3) is 0.200. The number of anilines is 1. The third kappa shape index (κ3) is 4.07. The van der Waals surface area contributed by atoms with E-state index in [1.54, 1.807) is 12.3 Å². The smallest absolute Gasteiger partial charge is 0.248 e. The van der Waals surface area contributed by atoms with Gasteiger partial charge >= 0.3 is 0 Å². The van der Waals surface area contributed by atoms with E-state index in [1.165, 1.54) is 6.08 Å². The Balaban J connectivity index is 1.71. The van der Waals surface area contributed by atoms with Gasteiger partial charge in [0.15, 0.2) is 0 Å². The molecule has 0 saturated carbocycles. The minimum Gasteiger partial charge on any atom is -0.491 e. The summed E-state index contributed by atoms with van der Waals surface area (Å²) in [5.74, 6) is 0.608. The lowest BCUT2D eigenvalue weighted by molar-refractivity contribution is -0.111. The van der Waals surface area contributed by atoms with Gasteiger partial charge in [-0.2, -0.15) is 0 Å². The Labute approximate surface area is 147 Å². The van der Waals surface area contributed by atoms with Crippen LogP contribution in [0, 0.1) is 6.92 Å². The van der Waals surface area contributed by atoms with E-state index in [-0.39, 0.29) is 12.0 Å². The van der Waals surface area contributed by atoms with E-state index in [4.69, 9.17) is 4.74 Å². The number of nitrogens with zero attached hydrogens (tertiary/aromatic N) is 2. The van der Waals surface area contributed by atoms with Gasteiger partial charge in [0.25, 0.3) is 0 Å². The van der Waals surface area contributed by atoms with Crippen LogP contribution < -0.4 is 10.1 Å². The number of hydrogen-bond acceptors (Lipinski definition) is 3. The zero-order valence-electron chi connectivity index (χ0n) is 14.6. The van der Waals surface area contributed by atoms with Crippen molar-refractivity contribution >= 4 is 23.3 Å². The molecule has 128 valence electrons. The average molecular weight is 335 g/mol. The molecule has 0 aliphatic carbocycles. The predicted octanol–water partition coefficient (Wildman–Crippen LogP) is 4.08. The number of carbonyl (C=O) groups excluding carboxylic acids is 1. The van der Waals surface area contributed by atoms with Crippen LogP contribution in [0.15, 0.2) is 54.9 Å². The fourth-order valence-corrected chi connectivity index (χ4v) is 2.57. The van der Waals surface area contributed by atoms with Gasteiger partial charge in [-0.25, -0.2) is 4.98 Å². The molecule has 0 radical (unpaired) electrons. The van der Waals surface area contributed by atoms with E-state index in [2.05, 4.69) is 10.3 Å². The Bertz CT molecular complexity index is 926. The minimum absolute atomic E-state index is 0.114. The summed E-state index contributed by atoms with van der Waals surface area (Å²) in [7, 11) is 0. The lowest BCUT2D eigenvalue weighted by atomic mass is 10.2. The number of rotatable bonds is 5. The summed E-state index contributed by atoms with van der Waals surface area (Å²) in [6.45, 7) is 5.91. The van der Waals surface area contributed by atoms with Crippen molar-refractivity contribution in [3.63, 3.8) is 0 Å². The molecule has 3 aromatic rings. The number of benzene rings is 1. The molecule has 2 heterocycles. The van der Waals surface area contributed by atoms with Crippen molar-refractivity contribution in [3.05, 3.63) is 66.1 Å². The molecule has 3 rings (SSSR count). The van der Waals surface area contributed by atoms with Gasteiger partial charge < -0.3 is 14.5 Å². The summed E-state index contributed by atoms with van der Waals surface area (Å²) >= 11 is 0. The molecule has 0 saturated heterocycles. The number of nitrogens with one attached hydrogen (secondary N) is 1. The number of fused-ring (bicyclic) bond motifs is 1. The van der Waals surface area contributed by atoms with Crippen molar-refractivity contribution in [1.29, 1.82) is 0 Å². The van der Waals surface area contributed by atoms with Gasteiger partial charge in [-0.1, -0.05) is 12.1 Å². The largest absolute Gasteiger partial charge is 0.491 e. The molecule has 1 amide bonds. The average Bonchev–Trinajstić information content (AvgIpc) is 3.05. The van der Waals surface area contributed by atoms with Crippen molar-refractivity contribution in [2.24, 2.45) is 0 Å². The minimum atomic E-state index is -0.183. The molecule has 0 atom stereocenters. The first-order chi connectivity index (χ1) is 12.0. The Morgan fingerprint density at radius 1 is 1.28 bits per heavy atom. The highest BCUT2D eigenvalue weighted by molar-refractivity contribution is 6.02. The molecule has 5 heteroatoms. The number of ether oxygens (including phenoxy) is 1. The first-order valence-electron chi connectivity index (χ1n) is 8.21. The van der Waals surface area contributed by atoms with Gasteiger partial charge in [-0.05, 0) is 56.7 Å². The van der Waals surface area contributed by atoms with Crippen molar-refractivity contribution in [3.8, 4) is 5.75 Å². The van der Waals surface area contributed by atoms with E-state index in [9.17, 15) is 4.79 Å². The molecule has 0 aliphatic rings. The topological polar surface area (TPSA) is 55.6 Å². The van der Waals surface area contributed by atoms with Gasteiger partial charge in [-0.15, -0.1) is 0 Å². The van der Waals surface area contributed by atoms with Gasteiger partial charge in [0, 0.05) is 24.2 Å². The number of imidazole rings is 1. The molecule has 0 bridgehead atoms. The lowest BCUT2D eigenvalue weighted by Crippen LogP contribution is -2.10. The quantitative estimate of drug-likeness (QED) is 0.715. The number of carbonyl (C=O) groups is 1. The molecule has 25 heavy (non-hydrogen) atoms. The highest BCUT2D eigenvalue weighted by Gasteiger charge is 2.06. The second-order valence-corrected chi connectivity index (χ2v) is 6.05. The van der Waals surface area contributed by atoms with Gasteiger partial charge in [-0.3, -0.25) is 4.79 Å². The summed E-state index contributed by atoms with van der Waals surface area (Å²) < 4.78 is 7.60. The van der Waals surface area contributed by atoms with Crippen LogP contribution in [0.4, 0.5) is 5.69 Å². The van der Waals surface area contributed by atoms with Crippen LogP contribution in [0.3, 0.4) is 0 Å². The van der Waals surface area contributed by atoms with Gasteiger partial charge in [0.05, 0.1) is 11.8 Å². The van der Waals surface area contributed by atoms with Crippen LogP contribution in [0.2, 0.25) is 0 Å². The Morgan fingerprint density at radius 3 is 2.92 bits per heavy atom. The van der Waals surface area contributed by atoms with Crippen molar-refractivity contribution in [1.82, 2.24) is 9.38 Å². The molecular weight excluding hydrogens is 314 g/mol. The molecule has 2 aromatic heterocycles. The summed E-state index contributed by atoms with van der Waals surface area (Å²) in [6, 6.07) is 11.4. The first kappa shape index (κ1) is 16.8. The van der Waals surface area contributed by atoms with Crippen LogP contribution in [-0.2, 0) is 4.79 Å². The normalized spacial score (nSPS) is 11.4. The number of hydrogen-bond donors (Lipinski definition) is 1. The zero-order chi connectivity index (χ0) is 17.8. The van der Waals surface area contributed by atoms with Gasteiger partial charge in [0.1, 0.15) is 11.4 Å². The first-order valence-corrected chi connectivity index (χ1v) is 8.21. The molecule has 5 nitrogen and oxygen atoms in total. The van der Waals surface area contributed by atoms with E-state index in [0.29, 0.717) is 0 Å². The number of pyridine rings is 1. The van der Waals surface area contributed by atoms with Gasteiger partial charge in [0.2, 0.25) is 5.91 Å². The SMILES string of the molecule is Cc1c(NC(=O)/C=C/c2cccc(OC(C)C)c2)ccc2nccn12. The third-order valence-corrected chi connectivity index (χ3v) is 3.73. The van der Waals surface area contributed by atoms with Crippen LogP contribution in [0.5, 0.6) is 5.75 Å². The summed E-state index contributed by atoms with van der Waals surface area (Å²) in [5.41, 5.74) is 3.46. The Hall–Kier alpha value is -3.08. The van der Waals surface area contributed by atoms with Crippen LogP contribution in [0.1, 0.15) is 25.1 Å². The van der Waals surface area contributed by atoms with E-state index in [1.807, 2.05) is 67.8 Å². The highest BCUT2D eigenvalue weighted by Crippen LogP contribution is 2.18. The number of aromatic nitrogens is 2. The fourth-order valence-electron chi connectivity index (χ4n) is 2.57. The molecule has 0 fully saturated rings. The highest BCUT2D eigenvalue weighted by atomic mass is 16.5. The number of aryl methyl sites for hydroxylation is 1. The van der Waals surface area contributed by atoms with Crippen molar-refractivity contribution in [2.45, 2.75) is 26.9 Å². The molecule has 1 N–H and O–H groups in total. The molecule has 1 aromatic carbocycles. The van der Waals surface area contributed by atoms with Crippen LogP contribution in [0.25, 0.3) is 11.7 Å². The maximum absolute atomic E-state index is 12.2. The maximum atomic E-state index is 12.2. The second-order valence-electron chi connectivity index (χ2n) is 6.05. The van der Waals surface area contributed by atoms with Crippen molar-refractivity contribution in [2.75, 3.05) is 5.32 Å². The zero-order valence-corrected chi connectivity index (χ0v) is 14.6. The third-order valence-electron chi connectivity index (χ3n) is 3.73. The summed E-state index contributed by atoms with van der Waals surface area (Å²) in [4.78, 5) is 16.4. The molecular formula is C20H21N3O2. The van der Waals surface area contributed by atoms with Crippen LogP contribution >= 0.6 is 0 Å². The summed E-state index contributed by atoms with van der Waals surface area (Å²) in [5, 5.41) is 2.90.